The molecule has 1 aromatic rings. The largest absolute Gasteiger partial charge is 0.398 e. The number of nitrogens with two attached hydrogens (primary N) is 2. The van der Waals surface area contributed by atoms with Crippen molar-refractivity contribution in [3.8, 4) is 0 Å². The molecule has 1 rings (SSSR count). The first-order valence-corrected chi connectivity index (χ1v) is 6.57. The Kier molecular flexibility index (Phi) is 3.83. The number of hydrogen-bond donors (Lipinski definition) is 2. The van der Waals surface area contributed by atoms with Crippen LogP contribution in [0.25, 0.3) is 0 Å². The van der Waals surface area contributed by atoms with E-state index in [1.54, 1.807) is 6.07 Å². The van der Waals surface area contributed by atoms with Gasteiger partial charge in [0.25, 0.3) is 0 Å². The number of alkyl halides is 2. The second-order valence-corrected chi connectivity index (χ2v) is 5.02. The maximum absolute atomic E-state index is 11.2. The van der Waals surface area contributed by atoms with E-state index in [9.17, 15) is 8.42 Å². The maximum atomic E-state index is 11.2. The van der Waals surface area contributed by atoms with Gasteiger partial charge in [-0.2, -0.15) is 0 Å². The highest BCUT2D eigenvalue weighted by molar-refractivity contribution is 7.89. The number of anilines is 1. The average Bonchev–Trinajstić information content (AvgIpc) is 2.14. The molecule has 0 radical (unpaired) electrons. The normalized spacial score (nSPS) is 11.7. The van der Waals surface area contributed by atoms with Crippen LogP contribution in [-0.4, -0.2) is 8.42 Å². The molecule has 0 fully saturated rings. The number of benzene rings is 1. The molecule has 0 atom stereocenters. The number of halogens is 2. The first-order chi connectivity index (χ1) is 6.90. The van der Waals surface area contributed by atoms with Crippen molar-refractivity contribution in [2.75, 3.05) is 5.73 Å². The summed E-state index contributed by atoms with van der Waals surface area (Å²) in [5.74, 6) is 0.250. The minimum atomic E-state index is -3.85. The molecule has 0 amide bonds. The summed E-state index contributed by atoms with van der Waals surface area (Å²) in [6.07, 6.45) is 0. The highest BCUT2D eigenvalue weighted by atomic mass is 35.5. The Bertz CT molecular complexity index is 474. The van der Waals surface area contributed by atoms with Crippen molar-refractivity contribution >= 4 is 38.9 Å². The Morgan fingerprint density at radius 1 is 1.20 bits per heavy atom. The zero-order chi connectivity index (χ0) is 11.6. The van der Waals surface area contributed by atoms with E-state index in [0.29, 0.717) is 11.1 Å². The molecule has 0 aliphatic carbocycles. The van der Waals surface area contributed by atoms with E-state index in [1.807, 2.05) is 0 Å². The molecular weight excluding hydrogens is 259 g/mol. The number of nitrogen functional groups attached to an aromatic ring is 1. The van der Waals surface area contributed by atoms with Crippen LogP contribution in [0.4, 0.5) is 5.69 Å². The molecule has 0 heterocycles. The van der Waals surface area contributed by atoms with Gasteiger partial charge >= 0.3 is 0 Å². The van der Waals surface area contributed by atoms with Gasteiger partial charge in [0, 0.05) is 11.8 Å². The number of rotatable bonds is 3. The van der Waals surface area contributed by atoms with Crippen molar-refractivity contribution in [2.24, 2.45) is 5.14 Å². The fraction of sp³-hybridized carbons (Fsp3) is 0.250. The summed E-state index contributed by atoms with van der Waals surface area (Å²) in [5, 5.41) is 5.03. The molecule has 4 N–H and O–H groups in total. The molecule has 0 bridgehead atoms. The Morgan fingerprint density at radius 3 is 2.20 bits per heavy atom. The lowest BCUT2D eigenvalue weighted by Crippen LogP contribution is -2.16. The topological polar surface area (TPSA) is 86.2 Å². The van der Waals surface area contributed by atoms with Gasteiger partial charge in [0.15, 0.2) is 0 Å². The van der Waals surface area contributed by atoms with Crippen LogP contribution in [0.5, 0.6) is 0 Å². The summed E-state index contributed by atoms with van der Waals surface area (Å²) in [5.41, 5.74) is 6.73. The zero-order valence-corrected chi connectivity index (χ0v) is 10.0. The van der Waals surface area contributed by atoms with Gasteiger partial charge in [0.2, 0.25) is 10.0 Å². The maximum Gasteiger partial charge on any atom is 0.240 e. The van der Waals surface area contributed by atoms with Gasteiger partial charge in [-0.3, -0.25) is 0 Å². The van der Waals surface area contributed by atoms with Crippen molar-refractivity contribution < 1.29 is 8.42 Å². The molecule has 0 unspecified atom stereocenters. The van der Waals surface area contributed by atoms with Gasteiger partial charge in [-0.1, -0.05) is 6.07 Å². The zero-order valence-electron chi connectivity index (χ0n) is 7.70. The van der Waals surface area contributed by atoms with E-state index in [-0.39, 0.29) is 22.3 Å². The summed E-state index contributed by atoms with van der Waals surface area (Å²) < 4.78 is 22.5. The van der Waals surface area contributed by atoms with Gasteiger partial charge in [-0.05, 0) is 17.2 Å². The predicted molar refractivity (Wildman–Crippen MR) is 61.3 cm³/mol. The summed E-state index contributed by atoms with van der Waals surface area (Å²) in [6, 6.07) is 3.05. The van der Waals surface area contributed by atoms with E-state index in [2.05, 4.69) is 0 Å². The van der Waals surface area contributed by atoms with E-state index in [1.165, 1.54) is 6.07 Å². The number of hydrogen-bond acceptors (Lipinski definition) is 3. The standard InChI is InChI=1S/C8H10Cl2N2O2S/c9-3-5-1-6(4-10)8(7(11)2-5)15(12,13)14/h1-2H,3-4,11H2,(H2,12,13,14). The second kappa shape index (κ2) is 4.57. The summed E-state index contributed by atoms with van der Waals surface area (Å²) in [6.45, 7) is 0. The SMILES string of the molecule is Nc1cc(CCl)cc(CCl)c1S(N)(=O)=O. The monoisotopic (exact) mass is 268 g/mol. The third-order valence-corrected chi connectivity index (χ3v) is 3.50. The minimum absolute atomic E-state index is 0.0146. The third-order valence-electron chi connectivity index (χ3n) is 1.84. The fourth-order valence-corrected chi connectivity index (χ4v) is 2.63. The first kappa shape index (κ1) is 12.6. The Labute approximate surface area is 98.2 Å². The van der Waals surface area contributed by atoms with Crippen LogP contribution in [0, 0.1) is 0 Å². The van der Waals surface area contributed by atoms with Crippen LogP contribution in [0.3, 0.4) is 0 Å². The molecule has 0 aliphatic heterocycles. The van der Waals surface area contributed by atoms with Crippen LogP contribution >= 0.6 is 23.2 Å². The lowest BCUT2D eigenvalue weighted by Gasteiger charge is -2.10. The summed E-state index contributed by atoms with van der Waals surface area (Å²) >= 11 is 11.2. The Balaban J connectivity index is 3.52. The first-order valence-electron chi connectivity index (χ1n) is 3.96. The van der Waals surface area contributed by atoms with Crippen molar-refractivity contribution in [3.05, 3.63) is 23.3 Å². The minimum Gasteiger partial charge on any atom is -0.398 e. The van der Waals surface area contributed by atoms with E-state index >= 15 is 0 Å². The van der Waals surface area contributed by atoms with Gasteiger partial charge in [-0.25, -0.2) is 13.6 Å². The van der Waals surface area contributed by atoms with Crippen molar-refractivity contribution in [1.29, 1.82) is 0 Å². The van der Waals surface area contributed by atoms with Crippen LogP contribution in [0.15, 0.2) is 17.0 Å². The molecule has 0 aromatic heterocycles. The van der Waals surface area contributed by atoms with Crippen LogP contribution < -0.4 is 10.9 Å². The molecule has 4 nitrogen and oxygen atoms in total. The Hall–Kier alpha value is -0.490. The van der Waals surface area contributed by atoms with E-state index < -0.39 is 10.0 Å². The Morgan fingerprint density at radius 2 is 1.80 bits per heavy atom. The molecule has 0 saturated carbocycles. The lowest BCUT2D eigenvalue weighted by atomic mass is 10.1. The van der Waals surface area contributed by atoms with Crippen molar-refractivity contribution in [3.63, 3.8) is 0 Å². The lowest BCUT2D eigenvalue weighted by molar-refractivity contribution is 0.597. The quantitative estimate of drug-likeness (QED) is 0.642. The molecule has 84 valence electrons. The second-order valence-electron chi connectivity index (χ2n) is 2.99. The average molecular weight is 269 g/mol. The smallest absolute Gasteiger partial charge is 0.240 e. The summed E-state index contributed by atoms with van der Waals surface area (Å²) in [7, 11) is -3.85. The van der Waals surface area contributed by atoms with Crippen LogP contribution in [-0.2, 0) is 21.8 Å². The number of primary sulfonamides is 1. The van der Waals surface area contributed by atoms with Crippen LogP contribution in [0.1, 0.15) is 11.1 Å². The molecule has 0 spiro atoms. The van der Waals surface area contributed by atoms with Gasteiger partial charge in [0.05, 0.1) is 5.69 Å². The predicted octanol–water partition coefficient (Wildman–Crippen LogP) is 1.39. The molecular formula is C8H10Cl2N2O2S. The van der Waals surface area contributed by atoms with E-state index in [4.69, 9.17) is 34.1 Å². The van der Waals surface area contributed by atoms with Crippen molar-refractivity contribution in [2.45, 2.75) is 16.7 Å². The molecule has 0 aliphatic rings. The fourth-order valence-electron chi connectivity index (χ4n) is 1.31. The highest BCUT2D eigenvalue weighted by Gasteiger charge is 2.18. The number of sulfonamides is 1. The van der Waals surface area contributed by atoms with Gasteiger partial charge < -0.3 is 5.73 Å². The highest BCUT2D eigenvalue weighted by Crippen LogP contribution is 2.26. The molecule has 0 saturated heterocycles. The van der Waals surface area contributed by atoms with E-state index in [0.717, 1.165) is 0 Å². The molecule has 1 aromatic carbocycles. The third kappa shape index (κ3) is 2.75. The van der Waals surface area contributed by atoms with Gasteiger partial charge in [-0.15, -0.1) is 23.2 Å². The summed E-state index contributed by atoms with van der Waals surface area (Å²) in [4.78, 5) is -0.119. The van der Waals surface area contributed by atoms with Gasteiger partial charge in [0.1, 0.15) is 4.90 Å². The van der Waals surface area contributed by atoms with Crippen LogP contribution in [0.2, 0.25) is 0 Å². The molecule has 15 heavy (non-hydrogen) atoms. The molecule has 7 heteroatoms. The van der Waals surface area contributed by atoms with Crippen molar-refractivity contribution in [1.82, 2.24) is 0 Å².